The van der Waals surface area contributed by atoms with Gasteiger partial charge in [-0.1, -0.05) is 24.3 Å². The van der Waals surface area contributed by atoms with Crippen LogP contribution in [0, 0.1) is 12.7 Å². The van der Waals surface area contributed by atoms with Crippen molar-refractivity contribution in [3.8, 4) is 5.69 Å². The van der Waals surface area contributed by atoms with Crippen molar-refractivity contribution in [2.45, 2.75) is 6.92 Å². The number of hydrogen-bond acceptors (Lipinski definition) is 1. The summed E-state index contributed by atoms with van der Waals surface area (Å²) in [6, 6.07) is 12.2. The smallest absolute Gasteiger partial charge is 0.303 e. The van der Waals surface area contributed by atoms with Crippen LogP contribution in [0.3, 0.4) is 0 Å². The zero-order valence-corrected chi connectivity index (χ0v) is 9.77. The SMILES string of the molecule is Cc1ccccc1-n1c(=O)[nH]c2c(F)cccc21. The van der Waals surface area contributed by atoms with Crippen LogP contribution in [-0.4, -0.2) is 9.55 Å². The predicted octanol–water partition coefficient (Wildman–Crippen LogP) is 2.77. The Labute approximate surface area is 103 Å². The lowest BCUT2D eigenvalue weighted by Gasteiger charge is -2.06. The first-order valence-corrected chi connectivity index (χ1v) is 5.64. The van der Waals surface area contributed by atoms with Crippen molar-refractivity contribution in [1.82, 2.24) is 9.55 Å². The van der Waals surface area contributed by atoms with Gasteiger partial charge in [-0.25, -0.2) is 9.18 Å². The zero-order chi connectivity index (χ0) is 12.7. The average Bonchev–Trinajstić information content (AvgIpc) is 2.68. The Kier molecular flexibility index (Phi) is 2.30. The second-order valence-electron chi connectivity index (χ2n) is 4.19. The molecule has 0 unspecified atom stereocenters. The molecule has 2 aromatic carbocycles. The van der Waals surface area contributed by atoms with E-state index in [1.54, 1.807) is 12.1 Å². The number of aromatic nitrogens is 2. The Balaban J connectivity index is 2.44. The summed E-state index contributed by atoms with van der Waals surface area (Å²) in [5, 5.41) is 0. The van der Waals surface area contributed by atoms with Gasteiger partial charge in [-0.05, 0) is 30.7 Å². The number of para-hydroxylation sites is 2. The minimum absolute atomic E-state index is 0.241. The molecule has 3 aromatic rings. The van der Waals surface area contributed by atoms with Crippen LogP contribution < -0.4 is 5.69 Å². The molecule has 3 rings (SSSR count). The van der Waals surface area contributed by atoms with E-state index in [9.17, 15) is 9.18 Å². The summed E-state index contributed by atoms with van der Waals surface area (Å²) in [6.45, 7) is 1.92. The lowest BCUT2D eigenvalue weighted by atomic mass is 10.2. The monoisotopic (exact) mass is 242 g/mol. The molecule has 0 saturated heterocycles. The number of aryl methyl sites for hydroxylation is 1. The standard InChI is InChI=1S/C14H11FN2O/c1-9-5-2-3-7-11(9)17-12-8-4-6-10(15)13(12)16-14(17)18/h2-8H,1H3,(H,16,18). The topological polar surface area (TPSA) is 37.8 Å². The van der Waals surface area contributed by atoms with Crippen LogP contribution in [0.4, 0.5) is 4.39 Å². The highest BCUT2D eigenvalue weighted by Crippen LogP contribution is 2.19. The van der Waals surface area contributed by atoms with E-state index >= 15 is 0 Å². The first kappa shape index (κ1) is 10.8. The lowest BCUT2D eigenvalue weighted by molar-refractivity contribution is 0.637. The van der Waals surface area contributed by atoms with Crippen molar-refractivity contribution in [1.29, 1.82) is 0 Å². The van der Waals surface area contributed by atoms with Gasteiger partial charge in [0.15, 0.2) is 0 Å². The van der Waals surface area contributed by atoms with Crippen molar-refractivity contribution in [2.24, 2.45) is 0 Å². The van der Waals surface area contributed by atoms with E-state index in [4.69, 9.17) is 0 Å². The van der Waals surface area contributed by atoms with Crippen molar-refractivity contribution in [3.05, 3.63) is 64.3 Å². The highest BCUT2D eigenvalue weighted by atomic mass is 19.1. The van der Waals surface area contributed by atoms with Crippen LogP contribution in [0.25, 0.3) is 16.7 Å². The second kappa shape index (κ2) is 3.84. The van der Waals surface area contributed by atoms with Crippen molar-refractivity contribution in [3.63, 3.8) is 0 Å². The third-order valence-electron chi connectivity index (χ3n) is 3.02. The number of fused-ring (bicyclic) bond motifs is 1. The molecule has 0 bridgehead atoms. The molecule has 0 fully saturated rings. The zero-order valence-electron chi connectivity index (χ0n) is 9.77. The van der Waals surface area contributed by atoms with Gasteiger partial charge in [-0.3, -0.25) is 4.57 Å². The highest BCUT2D eigenvalue weighted by Gasteiger charge is 2.12. The molecule has 0 atom stereocenters. The van der Waals surface area contributed by atoms with E-state index in [0.717, 1.165) is 11.3 Å². The summed E-state index contributed by atoms with van der Waals surface area (Å²) >= 11 is 0. The summed E-state index contributed by atoms with van der Waals surface area (Å²) in [6.07, 6.45) is 0. The van der Waals surface area contributed by atoms with Crippen LogP contribution in [-0.2, 0) is 0 Å². The van der Waals surface area contributed by atoms with Crippen LogP contribution in [0.5, 0.6) is 0 Å². The highest BCUT2D eigenvalue weighted by molar-refractivity contribution is 5.78. The molecule has 0 aliphatic rings. The van der Waals surface area contributed by atoms with E-state index in [1.165, 1.54) is 10.6 Å². The number of nitrogens with zero attached hydrogens (tertiary/aromatic N) is 1. The number of benzene rings is 2. The molecule has 1 heterocycles. The fourth-order valence-corrected chi connectivity index (χ4v) is 2.15. The largest absolute Gasteiger partial charge is 0.331 e. The molecule has 90 valence electrons. The number of aromatic amines is 1. The third kappa shape index (κ3) is 1.46. The molecule has 18 heavy (non-hydrogen) atoms. The lowest BCUT2D eigenvalue weighted by Crippen LogP contribution is -2.15. The molecular weight excluding hydrogens is 231 g/mol. The van der Waals surface area contributed by atoms with Gasteiger partial charge in [0.2, 0.25) is 0 Å². The molecule has 0 saturated carbocycles. The van der Waals surface area contributed by atoms with Gasteiger partial charge in [0.1, 0.15) is 11.3 Å². The molecule has 4 heteroatoms. The Hall–Kier alpha value is -2.36. The van der Waals surface area contributed by atoms with Crippen LogP contribution >= 0.6 is 0 Å². The summed E-state index contributed by atoms with van der Waals surface area (Å²) in [4.78, 5) is 14.5. The third-order valence-corrected chi connectivity index (χ3v) is 3.02. The summed E-state index contributed by atoms with van der Waals surface area (Å²) < 4.78 is 15.1. The summed E-state index contributed by atoms with van der Waals surface area (Å²) in [7, 11) is 0. The number of imidazole rings is 1. The number of hydrogen-bond donors (Lipinski definition) is 1. The van der Waals surface area contributed by atoms with E-state index < -0.39 is 5.82 Å². The summed E-state index contributed by atoms with van der Waals surface area (Å²) in [5.41, 5.74) is 2.19. The van der Waals surface area contributed by atoms with Crippen molar-refractivity contribution in [2.75, 3.05) is 0 Å². The molecule has 0 aliphatic heterocycles. The Morgan fingerprint density at radius 2 is 1.89 bits per heavy atom. The van der Waals surface area contributed by atoms with E-state index in [2.05, 4.69) is 4.98 Å². The van der Waals surface area contributed by atoms with Gasteiger partial charge < -0.3 is 4.98 Å². The predicted molar refractivity (Wildman–Crippen MR) is 68.6 cm³/mol. The maximum atomic E-state index is 13.6. The second-order valence-corrected chi connectivity index (χ2v) is 4.19. The summed E-state index contributed by atoms with van der Waals surface area (Å²) in [5.74, 6) is -0.420. The van der Waals surface area contributed by atoms with Gasteiger partial charge in [-0.15, -0.1) is 0 Å². The van der Waals surface area contributed by atoms with E-state index in [1.807, 2.05) is 31.2 Å². The molecule has 0 radical (unpaired) electrons. The molecule has 1 N–H and O–H groups in total. The minimum Gasteiger partial charge on any atom is -0.303 e. The van der Waals surface area contributed by atoms with Crippen molar-refractivity contribution < 1.29 is 4.39 Å². The molecule has 1 aromatic heterocycles. The number of halogens is 1. The maximum Gasteiger partial charge on any atom is 0.331 e. The van der Waals surface area contributed by atoms with Crippen LogP contribution in [0.2, 0.25) is 0 Å². The molecular formula is C14H11FN2O. The maximum absolute atomic E-state index is 13.6. The average molecular weight is 242 g/mol. The fourth-order valence-electron chi connectivity index (χ4n) is 2.15. The van der Waals surface area contributed by atoms with Gasteiger partial charge in [-0.2, -0.15) is 0 Å². The van der Waals surface area contributed by atoms with Crippen molar-refractivity contribution >= 4 is 11.0 Å². The molecule has 0 spiro atoms. The normalized spacial score (nSPS) is 11.0. The van der Waals surface area contributed by atoms with Gasteiger partial charge in [0, 0.05) is 0 Å². The minimum atomic E-state index is -0.420. The number of nitrogens with one attached hydrogen (secondary N) is 1. The molecule has 0 amide bonds. The number of H-pyrrole nitrogens is 1. The molecule has 0 aliphatic carbocycles. The Bertz CT molecular complexity index is 786. The first-order valence-electron chi connectivity index (χ1n) is 5.64. The Morgan fingerprint density at radius 3 is 2.67 bits per heavy atom. The van der Waals surface area contributed by atoms with Crippen LogP contribution in [0.15, 0.2) is 47.3 Å². The fraction of sp³-hybridized carbons (Fsp3) is 0.0714. The quantitative estimate of drug-likeness (QED) is 0.700. The van der Waals surface area contributed by atoms with Crippen LogP contribution in [0.1, 0.15) is 5.56 Å². The number of rotatable bonds is 1. The van der Waals surface area contributed by atoms with Gasteiger partial charge in [0.05, 0.1) is 11.2 Å². The molecule has 3 nitrogen and oxygen atoms in total. The Morgan fingerprint density at radius 1 is 1.11 bits per heavy atom. The van der Waals surface area contributed by atoms with E-state index in [-0.39, 0.29) is 11.2 Å². The first-order chi connectivity index (χ1) is 8.68. The van der Waals surface area contributed by atoms with E-state index in [0.29, 0.717) is 5.52 Å². The van der Waals surface area contributed by atoms with Gasteiger partial charge >= 0.3 is 5.69 Å². The van der Waals surface area contributed by atoms with Gasteiger partial charge in [0.25, 0.3) is 0 Å².